The van der Waals surface area contributed by atoms with E-state index in [-0.39, 0.29) is 18.3 Å². The van der Waals surface area contributed by atoms with Crippen molar-refractivity contribution in [2.24, 2.45) is 5.41 Å². The third-order valence-corrected chi connectivity index (χ3v) is 5.22. The molecule has 0 saturated carbocycles. The Morgan fingerprint density at radius 2 is 1.96 bits per heavy atom. The molecule has 0 radical (unpaired) electrons. The van der Waals surface area contributed by atoms with Crippen LogP contribution in [0, 0.1) is 18.2 Å². The second kappa shape index (κ2) is 6.53. The Morgan fingerprint density at radius 3 is 2.58 bits per heavy atom. The number of carbonyl (C=O) groups is 2. The van der Waals surface area contributed by atoms with Crippen molar-refractivity contribution in [3.05, 3.63) is 46.7 Å². The van der Waals surface area contributed by atoms with Gasteiger partial charge in [0.1, 0.15) is 10.6 Å². The summed E-state index contributed by atoms with van der Waals surface area (Å²) in [7, 11) is 0. The number of hydrogen-bond donors (Lipinski definition) is 2. The van der Waals surface area contributed by atoms with Crippen LogP contribution in [-0.2, 0) is 4.79 Å². The predicted molar refractivity (Wildman–Crippen MR) is 97.4 cm³/mol. The van der Waals surface area contributed by atoms with Crippen molar-refractivity contribution in [3.63, 3.8) is 0 Å². The first-order valence-corrected chi connectivity index (χ1v) is 8.77. The van der Waals surface area contributed by atoms with Crippen molar-refractivity contribution in [2.45, 2.75) is 20.8 Å². The first-order valence-electron chi connectivity index (χ1n) is 7.96. The number of nitrogens with one attached hydrogen (secondary N) is 1. The number of thiophene rings is 1. The number of fused-ring (bicyclic) bond motifs is 1. The van der Waals surface area contributed by atoms with Crippen LogP contribution in [0.4, 0.5) is 4.39 Å². The summed E-state index contributed by atoms with van der Waals surface area (Å²) < 4.78 is 14.8. The molecular weight excluding hydrogens is 357 g/mol. The van der Waals surface area contributed by atoms with Gasteiger partial charge in [-0.15, -0.1) is 11.3 Å². The highest BCUT2D eigenvalue weighted by Gasteiger charge is 2.28. The average molecular weight is 375 g/mol. The predicted octanol–water partition coefficient (Wildman–Crippen LogP) is 3.38. The number of carboxylic acids is 1. The molecule has 0 unspecified atom stereocenters. The summed E-state index contributed by atoms with van der Waals surface area (Å²) in [5.41, 5.74) is 0.406. The van der Waals surface area contributed by atoms with Crippen LogP contribution in [0.5, 0.6) is 0 Å². The fraction of sp³-hybridized carbons (Fsp3) is 0.278. The van der Waals surface area contributed by atoms with E-state index in [9.17, 15) is 14.0 Å². The first-order chi connectivity index (χ1) is 12.2. The van der Waals surface area contributed by atoms with Gasteiger partial charge in [-0.1, -0.05) is 0 Å². The smallest absolute Gasteiger partial charge is 0.310 e. The fourth-order valence-electron chi connectivity index (χ4n) is 2.38. The molecule has 3 rings (SSSR count). The third-order valence-electron chi connectivity index (χ3n) is 4.11. The second-order valence-corrected chi connectivity index (χ2v) is 7.71. The Kier molecular flexibility index (Phi) is 4.53. The Balaban J connectivity index is 1.90. The number of halogens is 1. The lowest BCUT2D eigenvalue weighted by atomic mass is 9.94. The van der Waals surface area contributed by atoms with Crippen LogP contribution < -0.4 is 5.32 Å². The summed E-state index contributed by atoms with van der Waals surface area (Å²) in [6.07, 6.45) is 0. The largest absolute Gasteiger partial charge is 0.481 e. The van der Waals surface area contributed by atoms with Crippen molar-refractivity contribution in [3.8, 4) is 5.69 Å². The molecule has 26 heavy (non-hydrogen) atoms. The summed E-state index contributed by atoms with van der Waals surface area (Å²) >= 11 is 1.26. The fourth-order valence-corrected chi connectivity index (χ4v) is 3.48. The molecule has 0 aliphatic carbocycles. The van der Waals surface area contributed by atoms with E-state index in [1.807, 2.05) is 6.92 Å². The zero-order valence-corrected chi connectivity index (χ0v) is 15.4. The van der Waals surface area contributed by atoms with Gasteiger partial charge >= 0.3 is 5.97 Å². The number of aryl methyl sites for hydroxylation is 1. The quantitative estimate of drug-likeness (QED) is 0.716. The number of aliphatic carboxylic acids is 1. The SMILES string of the molecule is Cc1nn(-c2ccc(F)cc2)c2sc(C(=O)NCC(C)(C)C(=O)O)cc12. The molecule has 1 amide bonds. The number of carboxylic acid groups (broad SMARTS) is 1. The van der Waals surface area contributed by atoms with Crippen molar-refractivity contribution in [1.29, 1.82) is 0 Å². The third kappa shape index (κ3) is 3.32. The molecule has 136 valence electrons. The number of benzene rings is 1. The summed E-state index contributed by atoms with van der Waals surface area (Å²) in [5.74, 6) is -1.64. The van der Waals surface area contributed by atoms with E-state index in [2.05, 4.69) is 10.4 Å². The van der Waals surface area contributed by atoms with Gasteiger partial charge < -0.3 is 10.4 Å². The molecule has 8 heteroatoms. The van der Waals surface area contributed by atoms with E-state index in [1.165, 1.54) is 23.5 Å². The highest BCUT2D eigenvalue weighted by Crippen LogP contribution is 2.30. The molecule has 0 fully saturated rings. The van der Waals surface area contributed by atoms with E-state index in [0.29, 0.717) is 10.6 Å². The minimum Gasteiger partial charge on any atom is -0.481 e. The molecule has 2 N–H and O–H groups in total. The molecule has 2 heterocycles. The Bertz CT molecular complexity index is 989. The lowest BCUT2D eigenvalue weighted by Crippen LogP contribution is -2.38. The minimum absolute atomic E-state index is 0.0263. The highest BCUT2D eigenvalue weighted by atomic mass is 32.1. The van der Waals surface area contributed by atoms with E-state index >= 15 is 0 Å². The van der Waals surface area contributed by atoms with Crippen molar-refractivity contribution in [2.75, 3.05) is 6.54 Å². The Morgan fingerprint density at radius 1 is 1.31 bits per heavy atom. The summed E-state index contributed by atoms with van der Waals surface area (Å²) in [4.78, 5) is 24.8. The molecule has 0 atom stereocenters. The first kappa shape index (κ1) is 18.1. The lowest BCUT2D eigenvalue weighted by Gasteiger charge is -2.19. The van der Waals surface area contributed by atoms with Gasteiger partial charge in [0, 0.05) is 11.9 Å². The van der Waals surface area contributed by atoms with Gasteiger partial charge in [-0.2, -0.15) is 5.10 Å². The Hall–Kier alpha value is -2.74. The number of amides is 1. The second-order valence-electron chi connectivity index (χ2n) is 6.67. The van der Waals surface area contributed by atoms with Crippen LogP contribution in [0.2, 0.25) is 0 Å². The van der Waals surface area contributed by atoms with Crippen LogP contribution in [0.25, 0.3) is 15.9 Å². The highest BCUT2D eigenvalue weighted by molar-refractivity contribution is 7.20. The van der Waals surface area contributed by atoms with Crippen LogP contribution >= 0.6 is 11.3 Å². The summed E-state index contributed by atoms with van der Waals surface area (Å²) in [6, 6.07) is 7.69. The summed E-state index contributed by atoms with van der Waals surface area (Å²) in [5, 5.41) is 17.1. The molecule has 6 nitrogen and oxygen atoms in total. The molecule has 0 aliphatic heterocycles. The van der Waals surface area contributed by atoms with Gasteiger partial charge in [0.15, 0.2) is 0 Å². The number of nitrogens with zero attached hydrogens (tertiary/aromatic N) is 2. The zero-order chi connectivity index (χ0) is 19.1. The molecule has 2 aromatic heterocycles. The standard InChI is InChI=1S/C18H18FN3O3S/c1-10-13-8-14(15(23)20-9-18(2,3)17(24)25)26-16(13)22(21-10)12-6-4-11(19)5-7-12/h4-8H,9H2,1-3H3,(H,20,23)(H,24,25). The molecule has 0 aliphatic rings. The number of carbonyl (C=O) groups excluding carboxylic acids is 1. The normalized spacial score (nSPS) is 11.7. The van der Waals surface area contributed by atoms with Gasteiger partial charge in [-0.3, -0.25) is 9.59 Å². The van der Waals surface area contributed by atoms with Gasteiger partial charge in [-0.05, 0) is 51.1 Å². The van der Waals surface area contributed by atoms with Crippen LogP contribution in [0.1, 0.15) is 29.2 Å². The maximum atomic E-state index is 13.1. The van der Waals surface area contributed by atoms with Crippen molar-refractivity contribution < 1.29 is 19.1 Å². The number of rotatable bonds is 5. The minimum atomic E-state index is -1.05. The molecule has 3 aromatic rings. The number of hydrogen-bond acceptors (Lipinski definition) is 4. The monoisotopic (exact) mass is 375 g/mol. The van der Waals surface area contributed by atoms with Crippen LogP contribution in [0.3, 0.4) is 0 Å². The van der Waals surface area contributed by atoms with Gasteiger partial charge in [-0.25, -0.2) is 9.07 Å². The van der Waals surface area contributed by atoms with E-state index < -0.39 is 11.4 Å². The molecule has 0 spiro atoms. The maximum absolute atomic E-state index is 13.1. The maximum Gasteiger partial charge on any atom is 0.310 e. The van der Waals surface area contributed by atoms with Gasteiger partial charge in [0.25, 0.3) is 5.91 Å². The zero-order valence-electron chi connectivity index (χ0n) is 14.5. The van der Waals surface area contributed by atoms with Crippen molar-refractivity contribution >= 4 is 33.4 Å². The van der Waals surface area contributed by atoms with Gasteiger partial charge in [0.05, 0.1) is 21.7 Å². The van der Waals surface area contributed by atoms with Crippen molar-refractivity contribution in [1.82, 2.24) is 15.1 Å². The lowest BCUT2D eigenvalue weighted by molar-refractivity contribution is -0.146. The van der Waals surface area contributed by atoms with E-state index in [4.69, 9.17) is 5.11 Å². The topological polar surface area (TPSA) is 84.2 Å². The molecule has 0 saturated heterocycles. The van der Waals surface area contributed by atoms with Crippen LogP contribution in [-0.4, -0.2) is 33.3 Å². The van der Waals surface area contributed by atoms with E-state index in [1.54, 1.807) is 36.7 Å². The number of aromatic nitrogens is 2. The van der Waals surface area contributed by atoms with E-state index in [0.717, 1.165) is 15.9 Å². The molecule has 0 bridgehead atoms. The Labute approximate surface area is 153 Å². The van der Waals surface area contributed by atoms with Crippen LogP contribution in [0.15, 0.2) is 30.3 Å². The average Bonchev–Trinajstić information content (AvgIpc) is 3.14. The molecule has 1 aromatic carbocycles. The molecular formula is C18H18FN3O3S. The summed E-state index contributed by atoms with van der Waals surface area (Å²) in [6.45, 7) is 4.97. The van der Waals surface area contributed by atoms with Gasteiger partial charge in [0.2, 0.25) is 0 Å².